The van der Waals surface area contributed by atoms with Crippen LogP contribution < -0.4 is 4.90 Å². The fourth-order valence-corrected chi connectivity index (χ4v) is 4.47. The molecule has 1 aliphatic carbocycles. The molecule has 1 fully saturated rings. The van der Waals surface area contributed by atoms with Gasteiger partial charge in [-0.1, -0.05) is 12.1 Å². The third kappa shape index (κ3) is 3.03. The zero-order valence-corrected chi connectivity index (χ0v) is 16.0. The number of anilines is 1. The van der Waals surface area contributed by atoms with Crippen molar-refractivity contribution in [3.05, 3.63) is 65.1 Å². The molecule has 3 aliphatic heterocycles. The molecular formula is C22H24N4O2. The lowest BCUT2D eigenvalue weighted by Crippen LogP contribution is -2.56. The molecular weight excluding hydrogens is 352 g/mol. The number of hydrogen-bond acceptors (Lipinski definition) is 5. The molecule has 0 saturated carbocycles. The van der Waals surface area contributed by atoms with Crippen LogP contribution in [0, 0.1) is 18.3 Å². The highest BCUT2D eigenvalue weighted by Crippen LogP contribution is 2.35. The topological polar surface area (TPSA) is 61.2 Å². The molecule has 1 aromatic rings. The minimum Gasteiger partial charge on any atom is -0.369 e. The summed E-state index contributed by atoms with van der Waals surface area (Å²) < 4.78 is 0. The minimum absolute atomic E-state index is 0.164. The molecule has 6 nitrogen and oxygen atoms in total. The first-order valence-electron chi connectivity index (χ1n) is 9.81. The van der Waals surface area contributed by atoms with Crippen molar-refractivity contribution in [2.45, 2.75) is 25.8 Å². The van der Waals surface area contributed by atoms with Crippen molar-refractivity contribution >= 4 is 17.9 Å². The Kier molecular flexibility index (Phi) is 4.28. The molecule has 5 rings (SSSR count). The first-order valence-corrected chi connectivity index (χ1v) is 9.81. The largest absolute Gasteiger partial charge is 0.369 e. The summed E-state index contributed by atoms with van der Waals surface area (Å²) in [5, 5.41) is 8.35. The Morgan fingerprint density at radius 2 is 2.18 bits per heavy atom. The first kappa shape index (κ1) is 17.3. The van der Waals surface area contributed by atoms with E-state index in [-0.39, 0.29) is 12.0 Å². The first-order chi connectivity index (χ1) is 13.7. The number of nitrogens with zero attached hydrogens (tertiary/aromatic N) is 3. The molecule has 2 atom stereocenters. The molecule has 0 amide bonds. The quantitative estimate of drug-likeness (QED) is 0.802. The average Bonchev–Trinajstić information content (AvgIpc) is 2.73. The van der Waals surface area contributed by atoms with Gasteiger partial charge in [0.1, 0.15) is 12.4 Å². The number of allylic oxidation sites excluding steroid dienone is 4. The summed E-state index contributed by atoms with van der Waals surface area (Å²) >= 11 is 0. The van der Waals surface area contributed by atoms with E-state index in [4.69, 9.17) is 15.2 Å². The predicted octanol–water partition coefficient (Wildman–Crippen LogP) is 3.57. The van der Waals surface area contributed by atoms with Gasteiger partial charge in [-0.05, 0) is 49.3 Å². The second-order valence-electron chi connectivity index (χ2n) is 7.75. The van der Waals surface area contributed by atoms with Crippen molar-refractivity contribution in [1.82, 2.24) is 4.90 Å². The van der Waals surface area contributed by atoms with Crippen LogP contribution in [0.5, 0.6) is 0 Å². The zero-order valence-electron chi connectivity index (χ0n) is 16.0. The van der Waals surface area contributed by atoms with Crippen LogP contribution in [-0.4, -0.2) is 42.8 Å². The second kappa shape index (κ2) is 6.95. The number of nitrogens with one attached hydrogen (secondary N) is 1. The van der Waals surface area contributed by atoms with Gasteiger partial charge in [0.25, 0.3) is 0 Å². The molecule has 6 heteroatoms. The van der Waals surface area contributed by atoms with Crippen LogP contribution in [0.15, 0.2) is 64.5 Å². The van der Waals surface area contributed by atoms with Gasteiger partial charge in [-0.25, -0.2) is 4.99 Å². The predicted molar refractivity (Wildman–Crippen MR) is 109 cm³/mol. The third-order valence-electron chi connectivity index (χ3n) is 5.97. The van der Waals surface area contributed by atoms with Crippen molar-refractivity contribution in [2.24, 2.45) is 10.9 Å². The second-order valence-corrected chi connectivity index (χ2v) is 7.75. The van der Waals surface area contributed by atoms with Gasteiger partial charge >= 0.3 is 0 Å². The molecule has 0 aromatic heterocycles. The molecule has 4 aliphatic rings. The van der Waals surface area contributed by atoms with Crippen LogP contribution >= 0.6 is 0 Å². The fourth-order valence-electron chi connectivity index (χ4n) is 4.47. The van der Waals surface area contributed by atoms with E-state index in [1.54, 1.807) is 0 Å². The number of benzene rings is 1. The van der Waals surface area contributed by atoms with Crippen molar-refractivity contribution in [3.63, 3.8) is 0 Å². The monoisotopic (exact) mass is 376 g/mol. The fraction of sp³-hybridized carbons (Fsp3) is 0.364. The van der Waals surface area contributed by atoms with E-state index in [0.717, 1.165) is 37.3 Å². The highest BCUT2D eigenvalue weighted by Gasteiger charge is 2.39. The van der Waals surface area contributed by atoms with Crippen molar-refractivity contribution < 1.29 is 9.78 Å². The molecule has 1 aromatic carbocycles. The van der Waals surface area contributed by atoms with Crippen molar-refractivity contribution in [2.75, 3.05) is 24.6 Å². The average molecular weight is 376 g/mol. The van der Waals surface area contributed by atoms with Crippen LogP contribution in [0.4, 0.5) is 5.69 Å². The van der Waals surface area contributed by atoms with Crippen molar-refractivity contribution in [1.29, 1.82) is 5.41 Å². The van der Waals surface area contributed by atoms with Crippen LogP contribution in [0.1, 0.15) is 18.4 Å². The Balaban J connectivity index is 1.44. The Bertz CT molecular complexity index is 930. The van der Waals surface area contributed by atoms with Gasteiger partial charge in [0.2, 0.25) is 0 Å². The van der Waals surface area contributed by atoms with E-state index < -0.39 is 0 Å². The Morgan fingerprint density at radius 1 is 1.25 bits per heavy atom. The van der Waals surface area contributed by atoms with E-state index in [1.807, 2.05) is 12.4 Å². The number of amidine groups is 1. The maximum absolute atomic E-state index is 8.35. The summed E-state index contributed by atoms with van der Waals surface area (Å²) in [6.07, 6.45) is 9.71. The normalized spacial score (nSPS) is 26.6. The Hall–Kier alpha value is -2.86. The summed E-state index contributed by atoms with van der Waals surface area (Å²) in [7, 11) is 0. The van der Waals surface area contributed by atoms with E-state index >= 15 is 0 Å². The van der Waals surface area contributed by atoms with Crippen LogP contribution in [0.2, 0.25) is 0 Å². The van der Waals surface area contributed by atoms with Gasteiger partial charge in [0, 0.05) is 42.4 Å². The number of fused-ring (bicyclic) bond motifs is 2. The molecule has 0 bridgehead atoms. The Morgan fingerprint density at radius 3 is 3.07 bits per heavy atom. The number of aryl methyl sites for hydroxylation is 1. The summed E-state index contributed by atoms with van der Waals surface area (Å²) in [5.74, 6) is 1.46. The molecule has 0 spiro atoms. The summed E-state index contributed by atoms with van der Waals surface area (Å²) in [6, 6.07) is 8.88. The van der Waals surface area contributed by atoms with E-state index in [0.29, 0.717) is 12.4 Å². The minimum atomic E-state index is 0.164. The Labute approximate surface area is 164 Å². The maximum Gasteiger partial charge on any atom is 0.168 e. The SMILES string of the molecule is Cc1cccc(N2CCC3C(=N)N=CN(C4=CC=C5OOCC=C5C4)C3C2)c1. The molecule has 0 radical (unpaired) electrons. The molecule has 28 heavy (non-hydrogen) atoms. The van der Waals surface area contributed by atoms with E-state index in [2.05, 4.69) is 58.1 Å². The molecule has 1 N–H and O–H groups in total. The van der Waals surface area contributed by atoms with Crippen molar-refractivity contribution in [3.8, 4) is 0 Å². The number of hydrogen-bond donors (Lipinski definition) is 1. The van der Waals surface area contributed by atoms with Crippen LogP contribution in [-0.2, 0) is 9.78 Å². The van der Waals surface area contributed by atoms with Gasteiger partial charge in [0.05, 0.1) is 12.4 Å². The van der Waals surface area contributed by atoms with Crippen LogP contribution in [0.3, 0.4) is 0 Å². The highest BCUT2D eigenvalue weighted by atomic mass is 17.2. The van der Waals surface area contributed by atoms with E-state index in [9.17, 15) is 0 Å². The summed E-state index contributed by atoms with van der Waals surface area (Å²) in [4.78, 5) is 19.5. The van der Waals surface area contributed by atoms with Gasteiger partial charge in [-0.15, -0.1) is 0 Å². The van der Waals surface area contributed by atoms with Gasteiger partial charge in [-0.3, -0.25) is 5.41 Å². The lowest BCUT2D eigenvalue weighted by Gasteiger charge is -2.47. The van der Waals surface area contributed by atoms with Crippen LogP contribution in [0.25, 0.3) is 0 Å². The molecule has 144 valence electrons. The molecule has 1 saturated heterocycles. The molecule has 3 heterocycles. The maximum atomic E-state index is 8.35. The lowest BCUT2D eigenvalue weighted by atomic mass is 9.87. The van der Waals surface area contributed by atoms with Gasteiger partial charge in [-0.2, -0.15) is 4.89 Å². The number of aliphatic imine (C=N–C) groups is 1. The summed E-state index contributed by atoms with van der Waals surface area (Å²) in [6.45, 7) is 4.45. The number of rotatable bonds is 2. The van der Waals surface area contributed by atoms with Gasteiger partial charge < -0.3 is 14.7 Å². The highest BCUT2D eigenvalue weighted by molar-refractivity contribution is 5.92. The van der Waals surface area contributed by atoms with Gasteiger partial charge in [0.15, 0.2) is 5.76 Å². The summed E-state index contributed by atoms with van der Waals surface area (Å²) in [5.41, 5.74) is 4.87. The third-order valence-corrected chi connectivity index (χ3v) is 5.97. The standard InChI is InChI=1S/C22H24N4O2/c1-15-3-2-4-17(11-15)25-9-7-19-20(13-25)26(14-24-22(19)23)18-5-6-21-16(12-18)8-10-27-28-21/h2-6,8,11,14,19-20,23H,7,9-10,12-13H2,1H3. The molecule has 2 unspecified atom stereocenters. The lowest BCUT2D eigenvalue weighted by molar-refractivity contribution is -0.255. The zero-order chi connectivity index (χ0) is 19.1. The number of piperidine rings is 1. The smallest absolute Gasteiger partial charge is 0.168 e. The van der Waals surface area contributed by atoms with E-state index in [1.165, 1.54) is 16.9 Å².